The predicted octanol–water partition coefficient (Wildman–Crippen LogP) is 1.62. The molecule has 112 valence electrons. The van der Waals surface area contributed by atoms with E-state index in [0.29, 0.717) is 11.4 Å². The van der Waals surface area contributed by atoms with Gasteiger partial charge >= 0.3 is 5.97 Å². The fourth-order valence-electron chi connectivity index (χ4n) is 1.96. The van der Waals surface area contributed by atoms with Crippen LogP contribution in [0, 0.1) is 13.8 Å². The number of nitrogens with zero attached hydrogens (tertiary/aromatic N) is 5. The molecule has 0 bridgehead atoms. The van der Waals surface area contributed by atoms with E-state index in [1.165, 1.54) is 6.33 Å². The van der Waals surface area contributed by atoms with E-state index in [-0.39, 0.29) is 12.5 Å². The van der Waals surface area contributed by atoms with Crippen molar-refractivity contribution < 1.29 is 14.1 Å². The number of carbonyl (C=O) groups excluding carboxylic acids is 1. The summed E-state index contributed by atoms with van der Waals surface area (Å²) in [4.78, 5) is 20.0. The molecule has 0 aliphatic heterocycles. The van der Waals surface area contributed by atoms with Gasteiger partial charge < -0.3 is 9.26 Å². The van der Waals surface area contributed by atoms with Gasteiger partial charge in [0.25, 0.3) is 5.89 Å². The smallest absolute Gasteiger partial charge is 0.338 e. The molecule has 0 unspecified atom stereocenters. The minimum Gasteiger partial charge on any atom is -0.452 e. The van der Waals surface area contributed by atoms with Gasteiger partial charge in [0.2, 0.25) is 0 Å². The average Bonchev–Trinajstić information content (AvgIpc) is 3.16. The quantitative estimate of drug-likeness (QED) is 0.675. The molecule has 0 radical (unpaired) electrons. The number of hydrogen-bond acceptors (Lipinski definition) is 7. The highest BCUT2D eigenvalue weighted by molar-refractivity contribution is 5.91. The number of rotatable bonds is 4. The minimum absolute atomic E-state index is 0.0516. The van der Waals surface area contributed by atoms with Crippen LogP contribution >= 0.6 is 0 Å². The van der Waals surface area contributed by atoms with Crippen LogP contribution in [0.4, 0.5) is 0 Å². The van der Waals surface area contributed by atoms with Gasteiger partial charge in [0.15, 0.2) is 12.4 Å². The molecule has 0 spiro atoms. The molecule has 8 heteroatoms. The highest BCUT2D eigenvalue weighted by Crippen LogP contribution is 2.15. The molecular weight excluding hydrogens is 286 g/mol. The standard InChI is InChI=1S/C14H13N5O3/c1-9-5-11(19-8-15-7-16-19)3-4-12(9)14(20)21-6-13-17-10(2)18-22-13/h3-5,7-8H,6H2,1-2H3. The van der Waals surface area contributed by atoms with Gasteiger partial charge in [-0.25, -0.2) is 14.5 Å². The molecular formula is C14H13N5O3. The highest BCUT2D eigenvalue weighted by Gasteiger charge is 2.13. The molecule has 0 saturated heterocycles. The van der Waals surface area contributed by atoms with Crippen LogP contribution in [0.3, 0.4) is 0 Å². The van der Waals surface area contributed by atoms with Gasteiger partial charge in [-0.05, 0) is 37.6 Å². The lowest BCUT2D eigenvalue weighted by Gasteiger charge is -2.07. The van der Waals surface area contributed by atoms with Crippen molar-refractivity contribution in [3.63, 3.8) is 0 Å². The number of aromatic nitrogens is 5. The lowest BCUT2D eigenvalue weighted by atomic mass is 10.1. The number of benzene rings is 1. The minimum atomic E-state index is -0.446. The second kappa shape index (κ2) is 5.76. The molecule has 0 aliphatic rings. The molecule has 0 aliphatic carbocycles. The SMILES string of the molecule is Cc1noc(COC(=O)c2ccc(-n3cncn3)cc2C)n1. The molecule has 2 heterocycles. The zero-order valence-corrected chi connectivity index (χ0v) is 12.1. The first-order valence-electron chi connectivity index (χ1n) is 6.55. The van der Waals surface area contributed by atoms with Crippen molar-refractivity contribution in [2.75, 3.05) is 0 Å². The van der Waals surface area contributed by atoms with E-state index in [2.05, 4.69) is 20.2 Å². The number of carbonyl (C=O) groups is 1. The summed E-state index contributed by atoms with van der Waals surface area (Å²) in [5.41, 5.74) is 2.07. The summed E-state index contributed by atoms with van der Waals surface area (Å²) in [5.74, 6) is 0.320. The first-order chi connectivity index (χ1) is 10.6. The van der Waals surface area contributed by atoms with Crippen LogP contribution in [0.2, 0.25) is 0 Å². The number of hydrogen-bond donors (Lipinski definition) is 0. The summed E-state index contributed by atoms with van der Waals surface area (Å²) in [6, 6.07) is 5.30. The summed E-state index contributed by atoms with van der Waals surface area (Å²) in [5, 5.41) is 7.67. The third-order valence-corrected chi connectivity index (χ3v) is 3.01. The maximum absolute atomic E-state index is 12.1. The topological polar surface area (TPSA) is 95.9 Å². The van der Waals surface area contributed by atoms with Crippen LogP contribution in [-0.2, 0) is 11.3 Å². The Balaban J connectivity index is 1.72. The van der Waals surface area contributed by atoms with Crippen LogP contribution in [0.1, 0.15) is 27.6 Å². The second-order valence-electron chi connectivity index (χ2n) is 4.65. The van der Waals surface area contributed by atoms with Gasteiger partial charge in [0.1, 0.15) is 12.7 Å². The molecule has 22 heavy (non-hydrogen) atoms. The van der Waals surface area contributed by atoms with Crippen molar-refractivity contribution in [1.82, 2.24) is 24.9 Å². The zero-order chi connectivity index (χ0) is 15.5. The van der Waals surface area contributed by atoms with E-state index in [1.54, 1.807) is 30.1 Å². The normalized spacial score (nSPS) is 10.6. The predicted molar refractivity (Wildman–Crippen MR) is 74.3 cm³/mol. The summed E-state index contributed by atoms with van der Waals surface area (Å²) in [6.45, 7) is 3.47. The summed E-state index contributed by atoms with van der Waals surface area (Å²) in [7, 11) is 0. The first kappa shape index (κ1) is 13.9. The fraction of sp³-hybridized carbons (Fsp3) is 0.214. The van der Waals surface area contributed by atoms with Gasteiger partial charge in [-0.2, -0.15) is 10.1 Å². The third-order valence-electron chi connectivity index (χ3n) is 3.01. The van der Waals surface area contributed by atoms with E-state index >= 15 is 0 Å². The lowest BCUT2D eigenvalue weighted by Crippen LogP contribution is -2.08. The van der Waals surface area contributed by atoms with E-state index in [4.69, 9.17) is 9.26 Å². The Kier molecular flexibility index (Phi) is 3.65. The van der Waals surface area contributed by atoms with E-state index in [1.807, 2.05) is 13.0 Å². The molecule has 0 N–H and O–H groups in total. The molecule has 1 aromatic carbocycles. The van der Waals surface area contributed by atoms with Crippen molar-refractivity contribution in [1.29, 1.82) is 0 Å². The molecule has 0 saturated carbocycles. The van der Waals surface area contributed by atoms with Crippen LogP contribution in [0.25, 0.3) is 5.69 Å². The van der Waals surface area contributed by atoms with Gasteiger partial charge in [0.05, 0.1) is 11.3 Å². The van der Waals surface area contributed by atoms with E-state index in [0.717, 1.165) is 11.3 Å². The molecule has 2 aromatic heterocycles. The zero-order valence-electron chi connectivity index (χ0n) is 12.1. The second-order valence-corrected chi connectivity index (χ2v) is 4.65. The molecule has 3 rings (SSSR count). The number of aryl methyl sites for hydroxylation is 2. The van der Waals surface area contributed by atoms with Crippen LogP contribution in [0.5, 0.6) is 0 Å². The number of ether oxygens (including phenoxy) is 1. The Hall–Kier alpha value is -3.03. The van der Waals surface area contributed by atoms with Gasteiger partial charge in [-0.1, -0.05) is 5.16 Å². The molecule has 8 nitrogen and oxygen atoms in total. The Morgan fingerprint density at radius 2 is 2.23 bits per heavy atom. The number of esters is 1. The van der Waals surface area contributed by atoms with Crippen LogP contribution in [-0.4, -0.2) is 30.9 Å². The Bertz CT molecular complexity index is 795. The fourth-order valence-corrected chi connectivity index (χ4v) is 1.96. The Labute approximate surface area is 125 Å². The van der Waals surface area contributed by atoms with Crippen molar-refractivity contribution in [2.45, 2.75) is 20.5 Å². The Morgan fingerprint density at radius 3 is 2.86 bits per heavy atom. The van der Waals surface area contributed by atoms with Crippen molar-refractivity contribution >= 4 is 5.97 Å². The summed E-state index contributed by atoms with van der Waals surface area (Å²) >= 11 is 0. The van der Waals surface area contributed by atoms with Crippen molar-refractivity contribution in [2.24, 2.45) is 0 Å². The van der Waals surface area contributed by atoms with E-state index in [9.17, 15) is 4.79 Å². The maximum atomic E-state index is 12.1. The molecule has 0 fully saturated rings. The van der Waals surface area contributed by atoms with Gasteiger partial charge in [-0.3, -0.25) is 0 Å². The highest BCUT2D eigenvalue weighted by atomic mass is 16.6. The van der Waals surface area contributed by atoms with Gasteiger partial charge in [-0.15, -0.1) is 0 Å². The average molecular weight is 299 g/mol. The lowest BCUT2D eigenvalue weighted by molar-refractivity contribution is 0.0429. The van der Waals surface area contributed by atoms with Crippen LogP contribution in [0.15, 0.2) is 35.4 Å². The van der Waals surface area contributed by atoms with E-state index < -0.39 is 5.97 Å². The maximum Gasteiger partial charge on any atom is 0.338 e. The first-order valence-corrected chi connectivity index (χ1v) is 6.55. The summed E-state index contributed by atoms with van der Waals surface area (Å²) in [6.07, 6.45) is 3.04. The molecule has 0 atom stereocenters. The largest absolute Gasteiger partial charge is 0.452 e. The molecule has 0 amide bonds. The Morgan fingerprint density at radius 1 is 1.36 bits per heavy atom. The summed E-state index contributed by atoms with van der Waals surface area (Å²) < 4.78 is 11.7. The van der Waals surface area contributed by atoms with Crippen LogP contribution < -0.4 is 0 Å². The van der Waals surface area contributed by atoms with Gasteiger partial charge in [0, 0.05) is 0 Å². The van der Waals surface area contributed by atoms with Crippen molar-refractivity contribution in [3.05, 3.63) is 53.7 Å². The monoisotopic (exact) mass is 299 g/mol. The third kappa shape index (κ3) is 2.85. The van der Waals surface area contributed by atoms with Crippen molar-refractivity contribution in [3.8, 4) is 5.69 Å². The molecule has 3 aromatic rings.